The number of rotatable bonds is 6. The molecule has 2 rings (SSSR count). The predicted molar refractivity (Wildman–Crippen MR) is 81.1 cm³/mol. The van der Waals surface area contributed by atoms with Gasteiger partial charge in [-0.25, -0.2) is 0 Å². The van der Waals surface area contributed by atoms with Crippen molar-refractivity contribution >= 4 is 5.91 Å². The number of nitrogens with one attached hydrogen (secondary N) is 1. The van der Waals surface area contributed by atoms with Crippen molar-refractivity contribution in [1.82, 2.24) is 10.2 Å². The lowest BCUT2D eigenvalue weighted by Crippen LogP contribution is -2.42. The Balaban J connectivity index is 2.32. The van der Waals surface area contributed by atoms with Crippen molar-refractivity contribution in [2.75, 3.05) is 20.8 Å². The molecule has 0 saturated carbocycles. The van der Waals surface area contributed by atoms with E-state index in [2.05, 4.69) is 12.2 Å². The smallest absolute Gasteiger partial charge is 0.241 e. The highest BCUT2D eigenvalue weighted by Gasteiger charge is 2.40. The van der Waals surface area contributed by atoms with E-state index in [1.54, 1.807) is 14.2 Å². The fourth-order valence-corrected chi connectivity index (χ4v) is 2.79. The minimum atomic E-state index is -0.188. The van der Waals surface area contributed by atoms with Crippen LogP contribution in [0.1, 0.15) is 32.0 Å². The maximum Gasteiger partial charge on any atom is 0.241 e. The number of hydrogen-bond donors (Lipinski definition) is 1. The van der Waals surface area contributed by atoms with Gasteiger partial charge in [0.1, 0.15) is 11.9 Å². The van der Waals surface area contributed by atoms with Gasteiger partial charge in [-0.3, -0.25) is 10.1 Å². The SMILES string of the molecule is CCC(COC)N1C(=O)C(C)NC1c1cccc(OC)c1. The van der Waals surface area contributed by atoms with Crippen molar-refractivity contribution in [3.63, 3.8) is 0 Å². The Morgan fingerprint density at radius 3 is 2.76 bits per heavy atom. The van der Waals surface area contributed by atoms with Crippen LogP contribution >= 0.6 is 0 Å². The molecule has 21 heavy (non-hydrogen) atoms. The molecule has 1 N–H and O–H groups in total. The minimum absolute atomic E-state index is 0.0659. The second kappa shape index (κ2) is 6.91. The van der Waals surface area contributed by atoms with Crippen molar-refractivity contribution in [3.05, 3.63) is 29.8 Å². The summed E-state index contributed by atoms with van der Waals surface area (Å²) in [6, 6.07) is 7.70. The van der Waals surface area contributed by atoms with Gasteiger partial charge in [-0.05, 0) is 31.0 Å². The standard InChI is InChI=1S/C16H24N2O3/c1-5-13(10-20-3)18-15(17-11(2)16(18)19)12-7-6-8-14(9-12)21-4/h6-9,11,13,15,17H,5,10H2,1-4H3. The van der Waals surface area contributed by atoms with Crippen molar-refractivity contribution in [3.8, 4) is 5.75 Å². The molecule has 1 aromatic rings. The molecule has 1 aromatic carbocycles. The summed E-state index contributed by atoms with van der Waals surface area (Å²) in [6.45, 7) is 4.51. The van der Waals surface area contributed by atoms with E-state index in [4.69, 9.17) is 9.47 Å². The number of methoxy groups -OCH3 is 2. The van der Waals surface area contributed by atoms with E-state index in [-0.39, 0.29) is 24.2 Å². The summed E-state index contributed by atoms with van der Waals surface area (Å²) in [5.41, 5.74) is 1.03. The van der Waals surface area contributed by atoms with Crippen LogP contribution < -0.4 is 10.1 Å². The monoisotopic (exact) mass is 292 g/mol. The van der Waals surface area contributed by atoms with Gasteiger partial charge in [0.25, 0.3) is 0 Å². The van der Waals surface area contributed by atoms with E-state index in [0.29, 0.717) is 6.61 Å². The zero-order valence-electron chi connectivity index (χ0n) is 13.1. The molecule has 1 amide bonds. The Labute approximate surface area is 126 Å². The number of carbonyl (C=O) groups is 1. The van der Waals surface area contributed by atoms with Crippen LogP contribution in [0.5, 0.6) is 5.75 Å². The molecule has 3 unspecified atom stereocenters. The second-order valence-electron chi connectivity index (χ2n) is 5.33. The molecule has 5 heteroatoms. The van der Waals surface area contributed by atoms with Crippen LogP contribution in [0.2, 0.25) is 0 Å². The summed E-state index contributed by atoms with van der Waals surface area (Å²) in [6.07, 6.45) is 0.719. The van der Waals surface area contributed by atoms with E-state index >= 15 is 0 Å². The molecule has 0 aromatic heterocycles. The van der Waals surface area contributed by atoms with Gasteiger partial charge in [-0.15, -0.1) is 0 Å². The molecule has 0 radical (unpaired) electrons. The summed E-state index contributed by atoms with van der Waals surface area (Å²) >= 11 is 0. The third-order valence-electron chi connectivity index (χ3n) is 3.94. The van der Waals surface area contributed by atoms with E-state index in [9.17, 15) is 4.79 Å². The van der Waals surface area contributed by atoms with Gasteiger partial charge in [-0.1, -0.05) is 19.1 Å². The highest BCUT2D eigenvalue weighted by Crippen LogP contribution is 2.30. The number of carbonyl (C=O) groups excluding carboxylic acids is 1. The van der Waals surface area contributed by atoms with Crippen LogP contribution in [0.25, 0.3) is 0 Å². The van der Waals surface area contributed by atoms with Crippen LogP contribution in [-0.4, -0.2) is 43.7 Å². The highest BCUT2D eigenvalue weighted by molar-refractivity contribution is 5.84. The first-order valence-electron chi connectivity index (χ1n) is 7.33. The van der Waals surface area contributed by atoms with Gasteiger partial charge < -0.3 is 14.4 Å². The summed E-state index contributed by atoms with van der Waals surface area (Å²) in [7, 11) is 3.31. The molecule has 1 aliphatic heterocycles. The molecule has 1 heterocycles. The zero-order valence-corrected chi connectivity index (χ0v) is 13.1. The largest absolute Gasteiger partial charge is 0.497 e. The number of amides is 1. The summed E-state index contributed by atoms with van der Waals surface area (Å²) in [5, 5.41) is 3.36. The maximum atomic E-state index is 12.5. The summed E-state index contributed by atoms with van der Waals surface area (Å²) < 4.78 is 10.6. The second-order valence-corrected chi connectivity index (χ2v) is 5.33. The fourth-order valence-electron chi connectivity index (χ4n) is 2.79. The Morgan fingerprint density at radius 1 is 1.38 bits per heavy atom. The van der Waals surface area contributed by atoms with E-state index in [0.717, 1.165) is 17.7 Å². The number of ether oxygens (including phenoxy) is 2. The Morgan fingerprint density at radius 2 is 2.14 bits per heavy atom. The van der Waals surface area contributed by atoms with E-state index in [1.807, 2.05) is 36.1 Å². The first-order chi connectivity index (χ1) is 10.1. The van der Waals surface area contributed by atoms with Crippen molar-refractivity contribution < 1.29 is 14.3 Å². The molecule has 116 valence electrons. The van der Waals surface area contributed by atoms with E-state index in [1.165, 1.54) is 0 Å². The molecule has 0 bridgehead atoms. The van der Waals surface area contributed by atoms with Crippen molar-refractivity contribution in [2.45, 2.75) is 38.5 Å². The van der Waals surface area contributed by atoms with Gasteiger partial charge in [-0.2, -0.15) is 0 Å². The quantitative estimate of drug-likeness (QED) is 0.870. The van der Waals surface area contributed by atoms with Gasteiger partial charge in [0, 0.05) is 7.11 Å². The van der Waals surface area contributed by atoms with E-state index < -0.39 is 0 Å². The molecule has 3 atom stereocenters. The number of nitrogens with zero attached hydrogens (tertiary/aromatic N) is 1. The number of hydrogen-bond acceptors (Lipinski definition) is 4. The van der Waals surface area contributed by atoms with Crippen molar-refractivity contribution in [1.29, 1.82) is 0 Å². The molecule has 1 saturated heterocycles. The Hall–Kier alpha value is -1.59. The summed E-state index contributed by atoms with van der Waals surface area (Å²) in [4.78, 5) is 14.4. The average molecular weight is 292 g/mol. The number of benzene rings is 1. The first kappa shape index (κ1) is 15.8. The molecular formula is C16H24N2O3. The lowest BCUT2D eigenvalue weighted by molar-refractivity contribution is -0.133. The summed E-state index contributed by atoms with van der Waals surface area (Å²) in [5.74, 6) is 0.910. The van der Waals surface area contributed by atoms with Crippen molar-refractivity contribution in [2.24, 2.45) is 0 Å². The molecular weight excluding hydrogens is 268 g/mol. The Bertz CT molecular complexity index is 492. The lowest BCUT2D eigenvalue weighted by atomic mass is 10.1. The van der Waals surface area contributed by atoms with Gasteiger partial charge in [0.05, 0.1) is 25.8 Å². The molecule has 1 fully saturated rings. The van der Waals surface area contributed by atoms with Crippen LogP contribution in [0.3, 0.4) is 0 Å². The first-order valence-corrected chi connectivity index (χ1v) is 7.33. The molecule has 1 aliphatic rings. The lowest BCUT2D eigenvalue weighted by Gasteiger charge is -2.32. The van der Waals surface area contributed by atoms with Crippen LogP contribution in [0, 0.1) is 0 Å². The fraction of sp³-hybridized carbons (Fsp3) is 0.562. The molecule has 0 aliphatic carbocycles. The Kier molecular flexibility index (Phi) is 5.20. The molecule has 5 nitrogen and oxygen atoms in total. The van der Waals surface area contributed by atoms with Crippen LogP contribution in [0.4, 0.5) is 0 Å². The van der Waals surface area contributed by atoms with Gasteiger partial charge >= 0.3 is 0 Å². The topological polar surface area (TPSA) is 50.8 Å². The highest BCUT2D eigenvalue weighted by atomic mass is 16.5. The molecule has 0 spiro atoms. The average Bonchev–Trinajstić information content (AvgIpc) is 2.81. The zero-order chi connectivity index (χ0) is 15.4. The van der Waals surface area contributed by atoms with Gasteiger partial charge in [0.15, 0.2) is 0 Å². The third-order valence-corrected chi connectivity index (χ3v) is 3.94. The van der Waals surface area contributed by atoms with Gasteiger partial charge in [0.2, 0.25) is 5.91 Å². The maximum absolute atomic E-state index is 12.5. The minimum Gasteiger partial charge on any atom is -0.497 e. The normalized spacial score (nSPS) is 23.4. The van der Waals surface area contributed by atoms with Crippen LogP contribution in [-0.2, 0) is 9.53 Å². The predicted octanol–water partition coefficient (Wildman–Crippen LogP) is 1.94. The van der Waals surface area contributed by atoms with Crippen LogP contribution in [0.15, 0.2) is 24.3 Å². The third kappa shape index (κ3) is 3.19.